The largest absolute Gasteiger partial charge is 0.315 e. The van der Waals surface area contributed by atoms with E-state index in [4.69, 9.17) is 0 Å². The van der Waals surface area contributed by atoms with E-state index in [2.05, 4.69) is 227 Å². The van der Waals surface area contributed by atoms with E-state index >= 15 is 0 Å². The average molecular weight is 855 g/mol. The van der Waals surface area contributed by atoms with Gasteiger partial charge in [-0.05, 0) is 170 Å². The van der Waals surface area contributed by atoms with Gasteiger partial charge in [-0.1, -0.05) is 81.1 Å². The molecule has 0 fully saturated rings. The molecule has 0 amide bonds. The van der Waals surface area contributed by atoms with E-state index in [9.17, 15) is 0 Å². The SMILES string of the molecule is C=C/C=C(\C)N(c1ccccc1)c1ccc(-n2c3cc4ccsc4cc3c3c2c2cc4sccc4cc2n3-c2ccc(N(/C(C=C)=C/C=C(C)C)c3ccccc3)cc2)cc1.CC. The number of aromatic nitrogens is 2. The van der Waals surface area contributed by atoms with Crippen LogP contribution in [0.4, 0.5) is 22.7 Å². The highest BCUT2D eigenvalue weighted by Crippen LogP contribution is 2.45. The Labute approximate surface area is 378 Å². The lowest BCUT2D eigenvalue weighted by Crippen LogP contribution is -2.15. The standard InChI is InChI=1S/C55H44N4S2.C2H6/c1-6-14-38(5)56(42-15-10-8-11-16-42)44-21-25-46(26-22-44)58-50-33-39-29-31-60-52(39)35-48(50)55-54(58)49-36-53-40(30-32-61-53)34-51(49)59(55)47-27-23-45(24-28-47)57(43-17-12-9-13-18-43)41(7-2)20-19-37(3)4;1-2/h6-36H,1-2H2,3-5H3;1-2H3/b38-14+,41-20+;. The van der Waals surface area contributed by atoms with Gasteiger partial charge < -0.3 is 18.9 Å². The van der Waals surface area contributed by atoms with Gasteiger partial charge in [0.25, 0.3) is 0 Å². The minimum absolute atomic E-state index is 1.00. The molecule has 63 heavy (non-hydrogen) atoms. The van der Waals surface area contributed by atoms with Crippen molar-refractivity contribution < 1.29 is 0 Å². The second-order valence-corrected chi connectivity index (χ2v) is 17.4. The molecule has 0 aliphatic heterocycles. The van der Waals surface area contributed by atoms with E-state index in [1.54, 1.807) is 22.7 Å². The Kier molecular flexibility index (Phi) is 11.6. The number of para-hydroxylation sites is 2. The second kappa shape index (κ2) is 17.7. The number of nitrogens with zero attached hydrogens (tertiary/aromatic N) is 4. The molecule has 0 saturated carbocycles. The number of benzene rings is 6. The first-order chi connectivity index (χ1) is 30.9. The molecule has 0 aliphatic carbocycles. The number of anilines is 4. The Hall–Kier alpha value is -7.12. The molecular formula is C57H50N4S2. The van der Waals surface area contributed by atoms with Crippen LogP contribution >= 0.6 is 22.7 Å². The van der Waals surface area contributed by atoms with Gasteiger partial charge >= 0.3 is 0 Å². The molecule has 0 spiro atoms. The van der Waals surface area contributed by atoms with Gasteiger partial charge in [0.05, 0.1) is 22.1 Å². The van der Waals surface area contributed by atoms with Crippen LogP contribution in [0.2, 0.25) is 0 Å². The smallest absolute Gasteiger partial charge is 0.0804 e. The normalized spacial score (nSPS) is 11.9. The highest BCUT2D eigenvalue weighted by Gasteiger charge is 2.24. The summed E-state index contributed by atoms with van der Waals surface area (Å²) in [6.45, 7) is 18.6. The van der Waals surface area contributed by atoms with Crippen molar-refractivity contribution in [3.8, 4) is 11.4 Å². The van der Waals surface area contributed by atoms with Crippen molar-refractivity contribution >= 4 is 98.4 Å². The third-order valence-corrected chi connectivity index (χ3v) is 13.1. The first-order valence-electron chi connectivity index (χ1n) is 21.5. The van der Waals surface area contributed by atoms with E-state index in [1.165, 1.54) is 58.6 Å². The lowest BCUT2D eigenvalue weighted by molar-refractivity contribution is 1.14. The summed E-state index contributed by atoms with van der Waals surface area (Å²) in [4.78, 5) is 4.55. The summed E-state index contributed by atoms with van der Waals surface area (Å²) in [5.41, 5.74) is 14.6. The summed E-state index contributed by atoms with van der Waals surface area (Å²) in [6, 6.07) is 53.1. The number of rotatable bonds is 11. The van der Waals surface area contributed by atoms with Gasteiger partial charge in [-0.2, -0.15) is 0 Å². The average Bonchev–Trinajstić information content (AvgIpc) is 4.11. The van der Waals surface area contributed by atoms with Gasteiger partial charge in [-0.25, -0.2) is 0 Å². The van der Waals surface area contributed by atoms with Crippen LogP contribution in [0.1, 0.15) is 34.6 Å². The molecule has 4 nitrogen and oxygen atoms in total. The van der Waals surface area contributed by atoms with E-state index in [-0.39, 0.29) is 0 Å². The van der Waals surface area contributed by atoms with E-state index in [1.807, 2.05) is 26.0 Å². The monoisotopic (exact) mass is 854 g/mol. The van der Waals surface area contributed by atoms with Gasteiger partial charge in [0, 0.05) is 65.7 Å². The molecule has 4 heterocycles. The fourth-order valence-corrected chi connectivity index (χ4v) is 10.2. The summed E-state index contributed by atoms with van der Waals surface area (Å²) < 4.78 is 7.52. The molecule has 0 saturated heterocycles. The number of hydrogen-bond donors (Lipinski definition) is 0. The van der Waals surface area contributed by atoms with Gasteiger partial charge in [-0.15, -0.1) is 22.7 Å². The zero-order valence-electron chi connectivity index (χ0n) is 36.4. The zero-order chi connectivity index (χ0) is 43.6. The lowest BCUT2D eigenvalue weighted by Gasteiger charge is -2.26. The first-order valence-corrected chi connectivity index (χ1v) is 23.2. The van der Waals surface area contributed by atoms with Crippen molar-refractivity contribution in [2.45, 2.75) is 34.6 Å². The van der Waals surface area contributed by atoms with Crippen LogP contribution in [0.25, 0.3) is 64.4 Å². The first kappa shape index (κ1) is 41.2. The molecule has 310 valence electrons. The number of fused-ring (bicyclic) bond motifs is 7. The highest BCUT2D eigenvalue weighted by molar-refractivity contribution is 7.17. The Morgan fingerprint density at radius 3 is 1.40 bits per heavy atom. The second-order valence-electron chi connectivity index (χ2n) is 15.5. The molecule has 10 aromatic rings. The predicted molar refractivity (Wildman–Crippen MR) is 279 cm³/mol. The molecular weight excluding hydrogens is 805 g/mol. The lowest BCUT2D eigenvalue weighted by atomic mass is 10.1. The molecule has 0 aliphatic rings. The Balaban J connectivity index is 0.00000249. The molecule has 0 radical (unpaired) electrons. The van der Waals surface area contributed by atoms with Crippen LogP contribution in [0.3, 0.4) is 0 Å². The molecule has 0 unspecified atom stereocenters. The minimum Gasteiger partial charge on any atom is -0.315 e. The Morgan fingerprint density at radius 2 is 0.952 bits per heavy atom. The fraction of sp³-hybridized carbons (Fsp3) is 0.0877. The molecule has 0 atom stereocenters. The van der Waals surface area contributed by atoms with Crippen LogP contribution in [0.5, 0.6) is 0 Å². The van der Waals surface area contributed by atoms with Crippen LogP contribution < -0.4 is 9.80 Å². The zero-order valence-corrected chi connectivity index (χ0v) is 38.1. The van der Waals surface area contributed by atoms with Gasteiger partial charge in [0.2, 0.25) is 0 Å². The summed E-state index contributed by atoms with van der Waals surface area (Å²) in [6.07, 6.45) is 10.1. The predicted octanol–water partition coefficient (Wildman–Crippen LogP) is 17.6. The molecule has 6 heteroatoms. The fourth-order valence-electron chi connectivity index (χ4n) is 8.62. The van der Waals surface area contributed by atoms with Crippen LogP contribution in [0, 0.1) is 0 Å². The third kappa shape index (κ3) is 7.52. The molecule has 6 aromatic carbocycles. The Bertz CT molecular complexity index is 3340. The van der Waals surface area contributed by atoms with Crippen molar-refractivity contribution in [2.24, 2.45) is 0 Å². The maximum absolute atomic E-state index is 4.22. The molecule has 10 rings (SSSR count). The Morgan fingerprint density at radius 1 is 0.508 bits per heavy atom. The van der Waals surface area contributed by atoms with Crippen LogP contribution in [-0.2, 0) is 0 Å². The van der Waals surface area contributed by atoms with E-state index in [0.717, 1.165) is 45.5 Å². The maximum atomic E-state index is 4.22. The summed E-state index contributed by atoms with van der Waals surface area (Å²) in [5.74, 6) is 0. The van der Waals surface area contributed by atoms with Crippen molar-refractivity contribution in [3.63, 3.8) is 0 Å². The van der Waals surface area contributed by atoms with Crippen LogP contribution in [-0.4, -0.2) is 9.13 Å². The quantitative estimate of drug-likeness (QED) is 0.121. The summed E-state index contributed by atoms with van der Waals surface area (Å²) in [5, 5.41) is 9.33. The molecule has 4 aromatic heterocycles. The highest BCUT2D eigenvalue weighted by atomic mass is 32.1. The van der Waals surface area contributed by atoms with E-state index < -0.39 is 0 Å². The topological polar surface area (TPSA) is 16.3 Å². The molecule has 0 bridgehead atoms. The van der Waals surface area contributed by atoms with Crippen molar-refractivity contribution in [2.75, 3.05) is 9.80 Å². The summed E-state index contributed by atoms with van der Waals surface area (Å²) in [7, 11) is 0. The summed E-state index contributed by atoms with van der Waals surface area (Å²) >= 11 is 3.59. The van der Waals surface area contributed by atoms with E-state index in [0.29, 0.717) is 0 Å². The minimum atomic E-state index is 1.00. The number of thiophene rings is 2. The number of allylic oxidation sites excluding steroid dienone is 7. The van der Waals surface area contributed by atoms with Gasteiger partial charge in [0.15, 0.2) is 0 Å². The number of hydrogen-bond acceptors (Lipinski definition) is 4. The molecule has 0 N–H and O–H groups in total. The van der Waals surface area contributed by atoms with Crippen molar-refractivity contribution in [1.29, 1.82) is 0 Å². The third-order valence-electron chi connectivity index (χ3n) is 11.3. The van der Waals surface area contributed by atoms with Crippen LogP contribution in [0.15, 0.2) is 217 Å². The maximum Gasteiger partial charge on any atom is 0.0804 e. The van der Waals surface area contributed by atoms with Gasteiger partial charge in [0.1, 0.15) is 0 Å². The van der Waals surface area contributed by atoms with Crippen molar-refractivity contribution in [3.05, 3.63) is 217 Å². The van der Waals surface area contributed by atoms with Gasteiger partial charge in [-0.3, -0.25) is 0 Å². The van der Waals surface area contributed by atoms with Crippen molar-refractivity contribution in [1.82, 2.24) is 9.13 Å².